The third kappa shape index (κ3) is 4.17. The van der Waals surface area contributed by atoms with Crippen LogP contribution >= 0.6 is 0 Å². The Morgan fingerprint density at radius 1 is 0.857 bits per heavy atom. The lowest BCUT2D eigenvalue weighted by Gasteiger charge is -2.43. The fourth-order valence-electron chi connectivity index (χ4n) is 6.48. The fraction of sp³-hybridized carbons (Fsp3) is 0.517. The second-order valence-corrected chi connectivity index (χ2v) is 10.8. The number of fused-ring (bicyclic) bond motifs is 2. The van der Waals surface area contributed by atoms with Crippen LogP contribution in [0.3, 0.4) is 0 Å². The first kappa shape index (κ1) is 22.7. The van der Waals surface area contributed by atoms with Crippen LogP contribution in [0.1, 0.15) is 43.2 Å². The Morgan fingerprint density at radius 3 is 2.23 bits per heavy atom. The molecule has 0 bridgehead atoms. The summed E-state index contributed by atoms with van der Waals surface area (Å²) < 4.78 is 0. The molecule has 0 radical (unpaired) electrons. The van der Waals surface area contributed by atoms with E-state index in [9.17, 15) is 9.59 Å². The Kier molecular flexibility index (Phi) is 6.11. The lowest BCUT2D eigenvalue weighted by molar-refractivity contribution is -0.135. The van der Waals surface area contributed by atoms with Crippen LogP contribution in [0.25, 0.3) is 0 Å². The molecular formula is C29H36N4O2. The zero-order valence-electron chi connectivity index (χ0n) is 20.6. The van der Waals surface area contributed by atoms with Gasteiger partial charge in [0.05, 0.1) is 18.5 Å². The van der Waals surface area contributed by atoms with E-state index in [-0.39, 0.29) is 11.8 Å². The van der Waals surface area contributed by atoms with Crippen LogP contribution in [0, 0.1) is 0 Å². The van der Waals surface area contributed by atoms with E-state index >= 15 is 0 Å². The molecule has 2 aromatic carbocycles. The molecule has 0 N–H and O–H groups in total. The number of piperidine rings is 1. The highest BCUT2D eigenvalue weighted by Crippen LogP contribution is 2.48. The highest BCUT2D eigenvalue weighted by molar-refractivity contribution is 6.08. The van der Waals surface area contributed by atoms with E-state index in [0.717, 1.165) is 69.4 Å². The number of anilines is 1. The van der Waals surface area contributed by atoms with Gasteiger partial charge < -0.3 is 9.80 Å². The van der Waals surface area contributed by atoms with Crippen LogP contribution in [0.4, 0.5) is 5.69 Å². The van der Waals surface area contributed by atoms with E-state index < -0.39 is 5.41 Å². The summed E-state index contributed by atoms with van der Waals surface area (Å²) in [5, 5.41) is 0. The van der Waals surface area contributed by atoms with Crippen molar-refractivity contribution in [2.75, 3.05) is 50.7 Å². The normalized spacial score (nSPS) is 22.9. The summed E-state index contributed by atoms with van der Waals surface area (Å²) in [6.45, 7) is 6.39. The topological polar surface area (TPSA) is 47.1 Å². The average Bonchev–Trinajstić information content (AvgIpc) is 3.08. The second kappa shape index (κ2) is 9.40. The van der Waals surface area contributed by atoms with E-state index in [1.165, 1.54) is 24.8 Å². The molecule has 0 atom stereocenters. The van der Waals surface area contributed by atoms with Crippen molar-refractivity contribution in [2.24, 2.45) is 0 Å². The number of para-hydroxylation sites is 1. The Hall–Kier alpha value is -2.70. The van der Waals surface area contributed by atoms with Gasteiger partial charge in [-0.25, -0.2) is 0 Å². The summed E-state index contributed by atoms with van der Waals surface area (Å²) in [4.78, 5) is 35.8. The number of hydrogen-bond donors (Lipinski definition) is 0. The standard InChI is InChI=1S/C29H36N4O2/c34-27(32-19-17-31(18-20-32)24-9-6-10-24)22-30-15-13-29(14-16-30)25-11-4-5-12-26(25)33(28(29)35)21-23-7-2-1-3-8-23/h1-5,7-8,11-12,24H,6,9-10,13-22H2. The van der Waals surface area contributed by atoms with Gasteiger partial charge in [-0.3, -0.25) is 19.4 Å². The SMILES string of the molecule is O=C(CN1CCC2(CC1)C(=O)N(Cc1ccccc1)c1ccccc12)N1CCN(C2CCC2)CC1. The van der Waals surface area contributed by atoms with Gasteiger partial charge in [0.2, 0.25) is 11.8 Å². The van der Waals surface area contributed by atoms with Crippen molar-refractivity contribution in [3.05, 3.63) is 65.7 Å². The van der Waals surface area contributed by atoms with Gasteiger partial charge in [0, 0.05) is 51.0 Å². The number of piperazine rings is 1. The number of carbonyl (C=O) groups excluding carboxylic acids is 2. The molecule has 35 heavy (non-hydrogen) atoms. The molecule has 3 fully saturated rings. The van der Waals surface area contributed by atoms with Crippen LogP contribution < -0.4 is 4.90 Å². The third-order valence-corrected chi connectivity index (χ3v) is 8.88. The van der Waals surface area contributed by atoms with Crippen LogP contribution in [0.15, 0.2) is 54.6 Å². The number of amides is 2. The molecule has 2 aromatic rings. The molecule has 6 rings (SSSR count). The molecule has 2 saturated heterocycles. The zero-order chi connectivity index (χ0) is 23.8. The maximum Gasteiger partial charge on any atom is 0.238 e. The van der Waals surface area contributed by atoms with E-state index in [1.54, 1.807) is 0 Å². The summed E-state index contributed by atoms with van der Waals surface area (Å²) in [5.41, 5.74) is 2.90. The van der Waals surface area contributed by atoms with Crippen molar-refractivity contribution in [2.45, 2.75) is 50.1 Å². The smallest absolute Gasteiger partial charge is 0.238 e. The van der Waals surface area contributed by atoms with Crippen molar-refractivity contribution in [3.8, 4) is 0 Å². The molecule has 6 nitrogen and oxygen atoms in total. The van der Waals surface area contributed by atoms with Crippen molar-refractivity contribution >= 4 is 17.5 Å². The molecule has 0 aromatic heterocycles. The Labute approximate surface area is 208 Å². The molecule has 1 aliphatic carbocycles. The minimum Gasteiger partial charge on any atom is -0.339 e. The van der Waals surface area contributed by atoms with Crippen LogP contribution in [0.5, 0.6) is 0 Å². The predicted octanol–water partition coefficient (Wildman–Crippen LogP) is 3.26. The molecule has 1 saturated carbocycles. The molecule has 1 spiro atoms. The first-order valence-corrected chi connectivity index (χ1v) is 13.3. The first-order valence-electron chi connectivity index (χ1n) is 13.3. The van der Waals surface area contributed by atoms with Crippen LogP contribution in [-0.2, 0) is 21.5 Å². The third-order valence-electron chi connectivity index (χ3n) is 8.88. The zero-order valence-corrected chi connectivity index (χ0v) is 20.6. The van der Waals surface area contributed by atoms with E-state index in [0.29, 0.717) is 13.1 Å². The summed E-state index contributed by atoms with van der Waals surface area (Å²) in [7, 11) is 0. The number of rotatable bonds is 5. The Balaban J connectivity index is 1.09. The second-order valence-electron chi connectivity index (χ2n) is 10.8. The van der Waals surface area contributed by atoms with Gasteiger partial charge in [-0.2, -0.15) is 0 Å². The van der Waals surface area contributed by atoms with Crippen molar-refractivity contribution in [1.82, 2.24) is 14.7 Å². The summed E-state index contributed by atoms with van der Waals surface area (Å²) >= 11 is 0. The van der Waals surface area contributed by atoms with E-state index in [2.05, 4.69) is 45.0 Å². The number of hydrogen-bond acceptors (Lipinski definition) is 4. The van der Waals surface area contributed by atoms with E-state index in [1.807, 2.05) is 29.2 Å². The molecular weight excluding hydrogens is 436 g/mol. The number of likely N-dealkylation sites (tertiary alicyclic amines) is 1. The van der Waals surface area contributed by atoms with Crippen LogP contribution in [0.2, 0.25) is 0 Å². The van der Waals surface area contributed by atoms with Gasteiger partial charge in [0.1, 0.15) is 0 Å². The minimum atomic E-state index is -0.459. The molecule has 3 aliphatic heterocycles. The lowest BCUT2D eigenvalue weighted by Crippen LogP contribution is -2.56. The maximum atomic E-state index is 13.9. The fourth-order valence-corrected chi connectivity index (χ4v) is 6.48. The van der Waals surface area contributed by atoms with Gasteiger partial charge in [0.15, 0.2) is 0 Å². The van der Waals surface area contributed by atoms with Crippen molar-refractivity contribution in [3.63, 3.8) is 0 Å². The van der Waals surface area contributed by atoms with E-state index in [4.69, 9.17) is 0 Å². The molecule has 4 aliphatic rings. The lowest BCUT2D eigenvalue weighted by atomic mass is 9.73. The van der Waals surface area contributed by atoms with Gasteiger partial charge >= 0.3 is 0 Å². The van der Waals surface area contributed by atoms with Crippen molar-refractivity contribution < 1.29 is 9.59 Å². The highest BCUT2D eigenvalue weighted by atomic mass is 16.2. The van der Waals surface area contributed by atoms with Gasteiger partial charge in [-0.1, -0.05) is 55.0 Å². The molecule has 6 heteroatoms. The largest absolute Gasteiger partial charge is 0.339 e. The van der Waals surface area contributed by atoms with Gasteiger partial charge in [0.25, 0.3) is 0 Å². The quantitative estimate of drug-likeness (QED) is 0.670. The minimum absolute atomic E-state index is 0.223. The first-order chi connectivity index (χ1) is 17.1. The Morgan fingerprint density at radius 2 is 1.54 bits per heavy atom. The maximum absolute atomic E-state index is 13.9. The molecule has 2 amide bonds. The number of carbonyl (C=O) groups is 2. The predicted molar refractivity (Wildman–Crippen MR) is 137 cm³/mol. The molecule has 184 valence electrons. The average molecular weight is 473 g/mol. The Bertz CT molecular complexity index is 1070. The highest BCUT2D eigenvalue weighted by Gasteiger charge is 2.51. The summed E-state index contributed by atoms with van der Waals surface area (Å²) in [6, 6.07) is 19.3. The summed E-state index contributed by atoms with van der Waals surface area (Å²) in [5.74, 6) is 0.471. The monoisotopic (exact) mass is 472 g/mol. The number of nitrogens with zero attached hydrogens (tertiary/aromatic N) is 4. The summed E-state index contributed by atoms with van der Waals surface area (Å²) in [6.07, 6.45) is 5.56. The molecule has 0 unspecified atom stereocenters. The van der Waals surface area contributed by atoms with Gasteiger partial charge in [-0.05, 0) is 42.9 Å². The van der Waals surface area contributed by atoms with Crippen molar-refractivity contribution in [1.29, 1.82) is 0 Å². The number of benzene rings is 2. The van der Waals surface area contributed by atoms with Crippen LogP contribution in [-0.4, -0.2) is 78.4 Å². The molecule has 3 heterocycles. The van der Waals surface area contributed by atoms with Gasteiger partial charge in [-0.15, -0.1) is 0 Å².